The molecule has 3 rings (SSSR count). The zero-order valence-corrected chi connectivity index (χ0v) is 23.7. The number of nitrogens with one attached hydrogen (secondary N) is 1. The van der Waals surface area contributed by atoms with Crippen LogP contribution in [0.4, 0.5) is 5.69 Å². The molecule has 37 heavy (non-hydrogen) atoms. The van der Waals surface area contributed by atoms with Crippen LogP contribution in [0.2, 0.25) is 10.0 Å². The predicted molar refractivity (Wildman–Crippen MR) is 149 cm³/mol. The average molecular weight is 569 g/mol. The highest BCUT2D eigenvalue weighted by atomic mass is 35.5. The van der Waals surface area contributed by atoms with Gasteiger partial charge in [0, 0.05) is 35.6 Å². The minimum Gasteiger partial charge on any atom is -0.352 e. The van der Waals surface area contributed by atoms with Gasteiger partial charge in [0.25, 0.3) is 0 Å². The Morgan fingerprint density at radius 1 is 1.03 bits per heavy atom. The summed E-state index contributed by atoms with van der Waals surface area (Å²) in [6.45, 7) is 2.09. The highest BCUT2D eigenvalue weighted by molar-refractivity contribution is 7.92. The molecule has 0 radical (unpaired) electrons. The van der Waals surface area contributed by atoms with Crippen molar-refractivity contribution in [2.24, 2.45) is 0 Å². The average Bonchev–Trinajstić information content (AvgIpc) is 2.85. The van der Waals surface area contributed by atoms with Gasteiger partial charge in [0.1, 0.15) is 6.04 Å². The van der Waals surface area contributed by atoms with Gasteiger partial charge >= 0.3 is 0 Å². The molecule has 202 valence electrons. The second-order valence-electron chi connectivity index (χ2n) is 9.59. The van der Waals surface area contributed by atoms with Crippen molar-refractivity contribution in [2.45, 2.75) is 70.5 Å². The minimum absolute atomic E-state index is 0.0845. The zero-order valence-electron chi connectivity index (χ0n) is 21.3. The van der Waals surface area contributed by atoms with Crippen molar-refractivity contribution in [1.82, 2.24) is 10.2 Å². The summed E-state index contributed by atoms with van der Waals surface area (Å²) in [5.41, 5.74) is 1.30. The van der Waals surface area contributed by atoms with Gasteiger partial charge in [-0.05, 0) is 68.1 Å². The van der Waals surface area contributed by atoms with Crippen LogP contribution in [0, 0.1) is 0 Å². The molecule has 0 heterocycles. The van der Waals surface area contributed by atoms with Crippen LogP contribution in [0.15, 0.2) is 48.5 Å². The lowest BCUT2D eigenvalue weighted by Crippen LogP contribution is -2.50. The molecule has 0 bridgehead atoms. The Labute approximate surface area is 230 Å². The van der Waals surface area contributed by atoms with Gasteiger partial charge in [-0.2, -0.15) is 0 Å². The quantitative estimate of drug-likeness (QED) is 0.393. The largest absolute Gasteiger partial charge is 0.352 e. The monoisotopic (exact) mass is 567 g/mol. The van der Waals surface area contributed by atoms with E-state index in [4.69, 9.17) is 23.2 Å². The van der Waals surface area contributed by atoms with E-state index in [1.165, 1.54) is 10.7 Å². The van der Waals surface area contributed by atoms with E-state index >= 15 is 0 Å². The molecule has 1 N–H and O–H groups in total. The third-order valence-electron chi connectivity index (χ3n) is 6.63. The molecule has 1 fully saturated rings. The number of anilines is 1. The van der Waals surface area contributed by atoms with E-state index in [1.54, 1.807) is 48.2 Å². The first-order valence-corrected chi connectivity index (χ1v) is 15.2. The lowest BCUT2D eigenvalue weighted by molar-refractivity contribution is -0.141. The molecule has 1 aliphatic rings. The van der Waals surface area contributed by atoms with Crippen molar-refractivity contribution in [3.63, 3.8) is 0 Å². The summed E-state index contributed by atoms with van der Waals surface area (Å²) in [6.07, 6.45) is 6.77. The highest BCUT2D eigenvalue weighted by Gasteiger charge is 2.28. The van der Waals surface area contributed by atoms with Crippen LogP contribution >= 0.6 is 23.2 Å². The molecule has 7 nitrogen and oxygen atoms in total. The van der Waals surface area contributed by atoms with E-state index in [0.717, 1.165) is 37.5 Å². The van der Waals surface area contributed by atoms with E-state index in [-0.39, 0.29) is 43.8 Å². The van der Waals surface area contributed by atoms with Crippen LogP contribution in [0.3, 0.4) is 0 Å². The van der Waals surface area contributed by atoms with Gasteiger partial charge in [0.15, 0.2) is 0 Å². The van der Waals surface area contributed by atoms with Crippen LogP contribution in [-0.4, -0.2) is 50.0 Å². The number of carbonyl (C=O) groups is 2. The first kappa shape index (κ1) is 29.3. The summed E-state index contributed by atoms with van der Waals surface area (Å²) in [7, 11) is -3.56. The number of carbonyl (C=O) groups excluding carboxylic acids is 2. The molecule has 0 saturated heterocycles. The van der Waals surface area contributed by atoms with Gasteiger partial charge in [0.05, 0.1) is 11.9 Å². The number of rotatable bonds is 11. The Morgan fingerprint density at radius 2 is 1.70 bits per heavy atom. The van der Waals surface area contributed by atoms with Crippen LogP contribution in [0.1, 0.15) is 57.4 Å². The maximum atomic E-state index is 13.4. The molecular weight excluding hydrogens is 533 g/mol. The summed E-state index contributed by atoms with van der Waals surface area (Å²) >= 11 is 12.1. The standard InChI is InChI=1S/C27H35Cl2N3O4S/c1-20(27(34)30-24-10-4-3-5-11-24)31(19-21-8-6-9-23(29)18-21)26(33)12-7-17-32(37(2,35)36)25-15-13-22(28)14-16-25/h6,8-9,13-16,18,20,24H,3-5,7,10-12,17,19H2,1-2H3,(H,30,34)/t20-/m1/s1. The Balaban J connectivity index is 1.71. The molecule has 1 atom stereocenters. The molecule has 0 aliphatic heterocycles. The highest BCUT2D eigenvalue weighted by Crippen LogP contribution is 2.22. The number of hydrogen-bond acceptors (Lipinski definition) is 4. The molecule has 2 amide bonds. The summed E-state index contributed by atoms with van der Waals surface area (Å²) in [4.78, 5) is 28.1. The van der Waals surface area contributed by atoms with Crippen LogP contribution in [0.5, 0.6) is 0 Å². The maximum Gasteiger partial charge on any atom is 0.242 e. The van der Waals surface area contributed by atoms with Gasteiger partial charge in [-0.1, -0.05) is 54.6 Å². The first-order chi connectivity index (χ1) is 17.5. The molecule has 0 aromatic heterocycles. The topological polar surface area (TPSA) is 86.8 Å². The number of sulfonamides is 1. The molecule has 0 spiro atoms. The van der Waals surface area contributed by atoms with E-state index < -0.39 is 16.1 Å². The number of amides is 2. The fourth-order valence-electron chi connectivity index (χ4n) is 4.59. The fourth-order valence-corrected chi connectivity index (χ4v) is 5.90. The van der Waals surface area contributed by atoms with E-state index in [0.29, 0.717) is 15.7 Å². The van der Waals surface area contributed by atoms with E-state index in [1.807, 2.05) is 12.1 Å². The number of nitrogens with zero attached hydrogens (tertiary/aromatic N) is 2. The van der Waals surface area contributed by atoms with Gasteiger partial charge < -0.3 is 10.2 Å². The van der Waals surface area contributed by atoms with Crippen molar-refractivity contribution < 1.29 is 18.0 Å². The Hall–Kier alpha value is -2.29. The summed E-state index contributed by atoms with van der Waals surface area (Å²) < 4.78 is 26.1. The van der Waals surface area contributed by atoms with Gasteiger partial charge in [-0.15, -0.1) is 0 Å². The number of halogens is 2. The van der Waals surface area contributed by atoms with Crippen molar-refractivity contribution in [1.29, 1.82) is 0 Å². The third kappa shape index (κ3) is 8.90. The molecule has 1 saturated carbocycles. The number of hydrogen-bond donors (Lipinski definition) is 1. The molecule has 0 unspecified atom stereocenters. The van der Waals surface area contributed by atoms with Crippen molar-refractivity contribution >= 4 is 50.7 Å². The maximum absolute atomic E-state index is 13.4. The van der Waals surface area contributed by atoms with Crippen molar-refractivity contribution in [3.05, 3.63) is 64.1 Å². The summed E-state index contributed by atoms with van der Waals surface area (Å²) in [6, 6.07) is 13.2. The zero-order chi connectivity index (χ0) is 27.0. The lowest BCUT2D eigenvalue weighted by atomic mass is 9.95. The normalized spacial score (nSPS) is 15.1. The predicted octanol–water partition coefficient (Wildman–Crippen LogP) is 5.41. The van der Waals surface area contributed by atoms with Gasteiger partial charge in [-0.3, -0.25) is 13.9 Å². The number of benzene rings is 2. The van der Waals surface area contributed by atoms with Gasteiger partial charge in [0.2, 0.25) is 21.8 Å². The molecule has 2 aromatic carbocycles. The SMILES string of the molecule is C[C@H](C(=O)NC1CCCCC1)N(Cc1cccc(Cl)c1)C(=O)CCCN(c1ccc(Cl)cc1)S(C)(=O)=O. The Kier molecular flexibility index (Phi) is 10.7. The fraction of sp³-hybridized carbons (Fsp3) is 0.481. The minimum atomic E-state index is -3.56. The third-order valence-corrected chi connectivity index (χ3v) is 8.31. The Bertz CT molecular complexity index is 1170. The summed E-state index contributed by atoms with van der Waals surface area (Å²) in [5.74, 6) is -0.406. The molecule has 2 aromatic rings. The second-order valence-corrected chi connectivity index (χ2v) is 12.4. The van der Waals surface area contributed by atoms with Crippen molar-refractivity contribution in [3.8, 4) is 0 Å². The van der Waals surface area contributed by atoms with Crippen LogP contribution < -0.4 is 9.62 Å². The smallest absolute Gasteiger partial charge is 0.242 e. The molecular formula is C27H35Cl2N3O4S. The summed E-state index contributed by atoms with van der Waals surface area (Å²) in [5, 5.41) is 4.17. The van der Waals surface area contributed by atoms with E-state index in [9.17, 15) is 18.0 Å². The second kappa shape index (κ2) is 13.5. The van der Waals surface area contributed by atoms with Gasteiger partial charge in [-0.25, -0.2) is 8.42 Å². The van der Waals surface area contributed by atoms with Crippen LogP contribution in [0.25, 0.3) is 0 Å². The van der Waals surface area contributed by atoms with E-state index in [2.05, 4.69) is 5.32 Å². The molecule has 1 aliphatic carbocycles. The van der Waals surface area contributed by atoms with Crippen molar-refractivity contribution in [2.75, 3.05) is 17.1 Å². The lowest BCUT2D eigenvalue weighted by Gasteiger charge is -2.31. The Morgan fingerprint density at radius 3 is 2.32 bits per heavy atom. The molecule has 10 heteroatoms. The van der Waals surface area contributed by atoms with Crippen LogP contribution in [-0.2, 0) is 26.2 Å². The first-order valence-electron chi connectivity index (χ1n) is 12.6.